The van der Waals surface area contributed by atoms with Crippen LogP contribution in [0.15, 0.2) is 34.2 Å². The van der Waals surface area contributed by atoms with E-state index in [1.54, 1.807) is 19.2 Å². The van der Waals surface area contributed by atoms with E-state index in [1.807, 2.05) is 12.1 Å². The van der Waals surface area contributed by atoms with Gasteiger partial charge in [-0.25, -0.2) is 8.42 Å². The average Bonchev–Trinajstić information content (AvgIpc) is 3.10. The topological polar surface area (TPSA) is 79.8 Å². The predicted molar refractivity (Wildman–Crippen MR) is 121 cm³/mol. The van der Waals surface area contributed by atoms with Crippen LogP contribution in [0, 0.1) is 0 Å². The standard InChI is InChI=1S/C19H31N3O3S.HI/c1-19(2,3)15-7-9-17(10-8-15)26(23,24)13-11-21-18(20-4)22-14-16-6-5-12-25-16;/h7-10,16H,5-6,11-14H2,1-4H3,(H2,20,21,22);1H. The fraction of sp³-hybridized carbons (Fsp3) is 0.632. The maximum atomic E-state index is 12.5. The number of nitrogens with one attached hydrogen (secondary N) is 2. The number of sulfone groups is 1. The van der Waals surface area contributed by atoms with Crippen molar-refractivity contribution in [3.8, 4) is 0 Å². The van der Waals surface area contributed by atoms with E-state index in [9.17, 15) is 8.42 Å². The maximum Gasteiger partial charge on any atom is 0.191 e. The molecular weight excluding hydrogens is 477 g/mol. The normalized spacial score (nSPS) is 18.1. The van der Waals surface area contributed by atoms with E-state index in [4.69, 9.17) is 4.74 Å². The van der Waals surface area contributed by atoms with Crippen molar-refractivity contribution in [3.63, 3.8) is 0 Å². The summed E-state index contributed by atoms with van der Waals surface area (Å²) in [5, 5.41) is 6.24. The first kappa shape index (κ1) is 24.2. The molecule has 1 fully saturated rings. The van der Waals surface area contributed by atoms with Crippen molar-refractivity contribution >= 4 is 39.8 Å². The van der Waals surface area contributed by atoms with Gasteiger partial charge in [0.2, 0.25) is 0 Å². The molecule has 1 unspecified atom stereocenters. The summed E-state index contributed by atoms with van der Waals surface area (Å²) in [4.78, 5) is 4.48. The summed E-state index contributed by atoms with van der Waals surface area (Å²) < 4.78 is 30.6. The highest BCUT2D eigenvalue weighted by Crippen LogP contribution is 2.23. The Kier molecular flexibility index (Phi) is 9.50. The Morgan fingerprint density at radius 2 is 1.89 bits per heavy atom. The molecule has 1 aromatic carbocycles. The van der Waals surface area contributed by atoms with Gasteiger partial charge in [0.1, 0.15) is 0 Å². The van der Waals surface area contributed by atoms with E-state index in [2.05, 4.69) is 36.4 Å². The summed E-state index contributed by atoms with van der Waals surface area (Å²) in [7, 11) is -1.66. The summed E-state index contributed by atoms with van der Waals surface area (Å²) in [6, 6.07) is 7.17. The summed E-state index contributed by atoms with van der Waals surface area (Å²) in [6.45, 7) is 8.11. The molecule has 0 aromatic heterocycles. The number of guanidine groups is 1. The average molecular weight is 509 g/mol. The molecule has 1 atom stereocenters. The molecule has 154 valence electrons. The third-order valence-electron chi connectivity index (χ3n) is 4.49. The molecule has 1 aromatic rings. The zero-order valence-electron chi connectivity index (χ0n) is 16.6. The van der Waals surface area contributed by atoms with E-state index < -0.39 is 9.84 Å². The maximum absolute atomic E-state index is 12.5. The van der Waals surface area contributed by atoms with Gasteiger partial charge >= 0.3 is 0 Å². The van der Waals surface area contributed by atoms with E-state index in [-0.39, 0.29) is 41.2 Å². The highest BCUT2D eigenvalue weighted by molar-refractivity contribution is 14.0. The number of ether oxygens (including phenoxy) is 1. The molecule has 0 aliphatic carbocycles. The number of nitrogens with zero attached hydrogens (tertiary/aromatic N) is 1. The fourth-order valence-corrected chi connectivity index (χ4v) is 3.98. The first-order valence-corrected chi connectivity index (χ1v) is 10.8. The minimum absolute atomic E-state index is 0. The Balaban J connectivity index is 0.00000364. The van der Waals surface area contributed by atoms with Crippen LogP contribution in [0.25, 0.3) is 0 Å². The minimum atomic E-state index is -3.33. The molecule has 0 saturated carbocycles. The molecule has 6 nitrogen and oxygen atoms in total. The molecule has 1 saturated heterocycles. The van der Waals surface area contributed by atoms with E-state index in [1.165, 1.54) is 0 Å². The highest BCUT2D eigenvalue weighted by atomic mass is 127. The van der Waals surface area contributed by atoms with Gasteiger partial charge in [-0.05, 0) is 36.0 Å². The monoisotopic (exact) mass is 509 g/mol. The lowest BCUT2D eigenvalue weighted by molar-refractivity contribution is 0.114. The van der Waals surface area contributed by atoms with Crippen LogP contribution in [-0.4, -0.2) is 53.0 Å². The summed E-state index contributed by atoms with van der Waals surface area (Å²) in [5.74, 6) is 0.612. The Labute approximate surface area is 180 Å². The van der Waals surface area contributed by atoms with Crippen molar-refractivity contribution in [2.24, 2.45) is 4.99 Å². The predicted octanol–water partition coefficient (Wildman–Crippen LogP) is 2.72. The quantitative estimate of drug-likeness (QED) is 0.350. The highest BCUT2D eigenvalue weighted by Gasteiger charge is 2.18. The molecule has 0 amide bonds. The first-order chi connectivity index (χ1) is 12.2. The third-order valence-corrected chi connectivity index (χ3v) is 6.22. The fourth-order valence-electron chi connectivity index (χ4n) is 2.82. The third kappa shape index (κ3) is 7.57. The van der Waals surface area contributed by atoms with Gasteiger partial charge in [-0.3, -0.25) is 4.99 Å². The SMILES string of the molecule is CN=C(NCCS(=O)(=O)c1ccc(C(C)(C)C)cc1)NCC1CCCO1.I. The van der Waals surface area contributed by atoms with Crippen molar-refractivity contribution in [1.29, 1.82) is 0 Å². The summed E-state index contributed by atoms with van der Waals surface area (Å²) >= 11 is 0. The van der Waals surface area contributed by atoms with Crippen LogP contribution >= 0.6 is 24.0 Å². The van der Waals surface area contributed by atoms with Gasteiger partial charge in [0, 0.05) is 26.7 Å². The zero-order chi connectivity index (χ0) is 19.2. The molecule has 1 aliphatic rings. The Morgan fingerprint density at radius 1 is 1.22 bits per heavy atom. The van der Waals surface area contributed by atoms with Gasteiger partial charge in [-0.1, -0.05) is 32.9 Å². The molecule has 1 heterocycles. The number of rotatable bonds is 6. The molecule has 1 aliphatic heterocycles. The van der Waals surface area contributed by atoms with E-state index in [0.717, 1.165) is 25.0 Å². The second-order valence-electron chi connectivity index (χ2n) is 7.61. The summed E-state index contributed by atoms with van der Waals surface area (Å²) in [5.41, 5.74) is 1.12. The lowest BCUT2D eigenvalue weighted by Crippen LogP contribution is -2.42. The molecular formula is C19H32IN3O3S. The van der Waals surface area contributed by atoms with Crippen molar-refractivity contribution in [3.05, 3.63) is 29.8 Å². The summed E-state index contributed by atoms with van der Waals surface area (Å²) in [6.07, 6.45) is 2.34. The van der Waals surface area contributed by atoms with Crippen molar-refractivity contribution in [1.82, 2.24) is 10.6 Å². The Hall–Kier alpha value is -0.870. The van der Waals surface area contributed by atoms with Crippen molar-refractivity contribution in [2.45, 2.75) is 50.0 Å². The minimum Gasteiger partial charge on any atom is -0.376 e. The number of halogens is 1. The lowest BCUT2D eigenvalue weighted by atomic mass is 9.87. The van der Waals surface area contributed by atoms with Crippen LogP contribution in [0.2, 0.25) is 0 Å². The van der Waals surface area contributed by atoms with Crippen LogP contribution in [0.3, 0.4) is 0 Å². The van der Waals surface area contributed by atoms with Gasteiger partial charge in [-0.2, -0.15) is 0 Å². The second kappa shape index (κ2) is 10.6. The van der Waals surface area contributed by atoms with Crippen LogP contribution in [0.4, 0.5) is 0 Å². The van der Waals surface area contributed by atoms with Gasteiger partial charge in [0.05, 0.1) is 16.8 Å². The molecule has 0 radical (unpaired) electrons. The second-order valence-corrected chi connectivity index (χ2v) is 9.72. The van der Waals surface area contributed by atoms with Gasteiger partial charge in [0.25, 0.3) is 0 Å². The number of aliphatic imine (C=N–C) groups is 1. The Bertz CT molecular complexity index is 707. The van der Waals surface area contributed by atoms with E-state index in [0.29, 0.717) is 23.9 Å². The van der Waals surface area contributed by atoms with Crippen LogP contribution < -0.4 is 10.6 Å². The van der Waals surface area contributed by atoms with Gasteiger partial charge in [-0.15, -0.1) is 24.0 Å². The first-order valence-electron chi connectivity index (χ1n) is 9.12. The molecule has 8 heteroatoms. The van der Waals surface area contributed by atoms with Crippen LogP contribution in [0.5, 0.6) is 0 Å². The van der Waals surface area contributed by atoms with Gasteiger partial charge in [0.15, 0.2) is 15.8 Å². The van der Waals surface area contributed by atoms with Crippen molar-refractivity contribution < 1.29 is 13.2 Å². The lowest BCUT2D eigenvalue weighted by Gasteiger charge is -2.19. The van der Waals surface area contributed by atoms with E-state index >= 15 is 0 Å². The smallest absolute Gasteiger partial charge is 0.191 e. The van der Waals surface area contributed by atoms with Crippen molar-refractivity contribution in [2.75, 3.05) is 32.5 Å². The number of hydrogen-bond acceptors (Lipinski definition) is 4. The molecule has 0 spiro atoms. The molecule has 2 rings (SSSR count). The number of benzene rings is 1. The van der Waals surface area contributed by atoms with Crippen LogP contribution in [-0.2, 0) is 20.0 Å². The molecule has 2 N–H and O–H groups in total. The molecule has 27 heavy (non-hydrogen) atoms. The van der Waals surface area contributed by atoms with Crippen LogP contribution in [0.1, 0.15) is 39.2 Å². The van der Waals surface area contributed by atoms with Gasteiger partial charge < -0.3 is 15.4 Å². The Morgan fingerprint density at radius 3 is 2.41 bits per heavy atom. The largest absolute Gasteiger partial charge is 0.376 e. The number of hydrogen-bond donors (Lipinski definition) is 2. The molecule has 0 bridgehead atoms. The zero-order valence-corrected chi connectivity index (χ0v) is 19.8.